The van der Waals surface area contributed by atoms with Crippen LogP contribution in [0.1, 0.15) is 26.2 Å². The van der Waals surface area contributed by atoms with E-state index in [1.165, 1.54) is 0 Å². The molecule has 112 valence electrons. The van der Waals surface area contributed by atoms with Gasteiger partial charge < -0.3 is 15.6 Å². The molecule has 21 heavy (non-hydrogen) atoms. The van der Waals surface area contributed by atoms with Gasteiger partial charge in [0.05, 0.1) is 6.04 Å². The van der Waals surface area contributed by atoms with E-state index in [4.69, 9.17) is 5.73 Å². The molecule has 0 radical (unpaired) electrons. The molecule has 0 aliphatic rings. The number of amides is 1. The van der Waals surface area contributed by atoms with Crippen LogP contribution in [-0.2, 0) is 11.8 Å². The summed E-state index contributed by atoms with van der Waals surface area (Å²) in [5.74, 6) is 0.641. The van der Waals surface area contributed by atoms with Crippen LogP contribution in [0.5, 0.6) is 0 Å². The summed E-state index contributed by atoms with van der Waals surface area (Å²) in [7, 11) is 1.89. The van der Waals surface area contributed by atoms with E-state index < -0.39 is 6.04 Å². The van der Waals surface area contributed by atoms with Crippen LogP contribution in [0.2, 0.25) is 0 Å². The van der Waals surface area contributed by atoms with Crippen molar-refractivity contribution in [2.24, 2.45) is 12.8 Å². The van der Waals surface area contributed by atoms with Gasteiger partial charge in [-0.1, -0.05) is 19.8 Å². The molecule has 1 amide bonds. The van der Waals surface area contributed by atoms with Crippen molar-refractivity contribution in [1.82, 2.24) is 14.8 Å². The van der Waals surface area contributed by atoms with Crippen LogP contribution < -0.4 is 11.1 Å². The van der Waals surface area contributed by atoms with E-state index in [1.807, 2.05) is 35.9 Å². The molecule has 0 saturated carbocycles. The third kappa shape index (κ3) is 3.88. The highest BCUT2D eigenvalue weighted by Gasteiger charge is 2.13. The molecule has 0 aliphatic carbocycles. The molecule has 0 fully saturated rings. The summed E-state index contributed by atoms with van der Waals surface area (Å²) in [6.07, 6.45) is 4.35. The van der Waals surface area contributed by atoms with Crippen LogP contribution >= 0.6 is 0 Å². The van der Waals surface area contributed by atoms with Crippen LogP contribution in [-0.4, -0.2) is 26.7 Å². The fourth-order valence-corrected chi connectivity index (χ4v) is 2.04. The topological polar surface area (TPSA) is 85.8 Å². The Morgan fingerprint density at radius 3 is 2.67 bits per heavy atom. The number of benzene rings is 1. The lowest BCUT2D eigenvalue weighted by Crippen LogP contribution is -2.35. The van der Waals surface area contributed by atoms with Gasteiger partial charge in [-0.2, -0.15) is 0 Å². The van der Waals surface area contributed by atoms with E-state index in [1.54, 1.807) is 6.33 Å². The second kappa shape index (κ2) is 6.99. The minimum atomic E-state index is -0.455. The molecule has 2 rings (SSSR count). The van der Waals surface area contributed by atoms with E-state index in [0.29, 0.717) is 6.42 Å². The van der Waals surface area contributed by atoms with Crippen molar-refractivity contribution in [2.45, 2.75) is 32.2 Å². The Bertz CT molecular complexity index is 590. The van der Waals surface area contributed by atoms with Crippen LogP contribution in [0.4, 0.5) is 5.69 Å². The Balaban J connectivity index is 2.00. The average Bonchev–Trinajstić information content (AvgIpc) is 2.91. The molecule has 6 nitrogen and oxygen atoms in total. The zero-order chi connectivity index (χ0) is 15.2. The number of nitrogens with one attached hydrogen (secondary N) is 1. The monoisotopic (exact) mass is 287 g/mol. The van der Waals surface area contributed by atoms with Crippen molar-refractivity contribution in [3.8, 4) is 11.4 Å². The summed E-state index contributed by atoms with van der Waals surface area (Å²) in [6.45, 7) is 2.08. The molecule has 0 saturated heterocycles. The highest BCUT2D eigenvalue weighted by atomic mass is 16.2. The molecule has 1 atom stereocenters. The molecule has 2 aromatic rings. The van der Waals surface area contributed by atoms with Crippen molar-refractivity contribution in [3.05, 3.63) is 30.6 Å². The van der Waals surface area contributed by atoms with E-state index in [2.05, 4.69) is 22.4 Å². The lowest BCUT2D eigenvalue weighted by Gasteiger charge is -2.12. The Morgan fingerprint density at radius 2 is 2.10 bits per heavy atom. The summed E-state index contributed by atoms with van der Waals surface area (Å²) in [5.41, 5.74) is 7.53. The number of aromatic nitrogens is 3. The molecule has 0 unspecified atom stereocenters. The van der Waals surface area contributed by atoms with Gasteiger partial charge in [-0.25, -0.2) is 0 Å². The number of nitrogens with zero attached hydrogens (tertiary/aromatic N) is 3. The zero-order valence-corrected chi connectivity index (χ0v) is 12.4. The van der Waals surface area contributed by atoms with Crippen molar-refractivity contribution < 1.29 is 4.79 Å². The van der Waals surface area contributed by atoms with E-state index in [0.717, 1.165) is 29.9 Å². The largest absolute Gasteiger partial charge is 0.325 e. The Morgan fingerprint density at radius 1 is 1.38 bits per heavy atom. The Labute approximate surface area is 124 Å². The lowest BCUT2D eigenvalue weighted by molar-refractivity contribution is -0.117. The van der Waals surface area contributed by atoms with Crippen molar-refractivity contribution in [1.29, 1.82) is 0 Å². The van der Waals surface area contributed by atoms with Crippen LogP contribution in [0.25, 0.3) is 11.4 Å². The van der Waals surface area contributed by atoms with Crippen LogP contribution in [0.3, 0.4) is 0 Å². The van der Waals surface area contributed by atoms with Gasteiger partial charge in [0.2, 0.25) is 5.91 Å². The third-order valence-electron chi connectivity index (χ3n) is 3.33. The number of anilines is 1. The minimum Gasteiger partial charge on any atom is -0.325 e. The first kappa shape index (κ1) is 15.2. The smallest absolute Gasteiger partial charge is 0.241 e. The lowest BCUT2D eigenvalue weighted by atomic mass is 10.1. The summed E-state index contributed by atoms with van der Waals surface area (Å²) < 4.78 is 1.84. The number of nitrogens with two attached hydrogens (primary N) is 1. The van der Waals surface area contributed by atoms with Crippen molar-refractivity contribution in [3.63, 3.8) is 0 Å². The van der Waals surface area contributed by atoms with Gasteiger partial charge in [-0.05, 0) is 30.7 Å². The minimum absolute atomic E-state index is 0.144. The fraction of sp³-hybridized carbons (Fsp3) is 0.400. The molecule has 0 bridgehead atoms. The third-order valence-corrected chi connectivity index (χ3v) is 3.33. The predicted molar refractivity (Wildman–Crippen MR) is 82.6 cm³/mol. The SMILES string of the molecule is CCCC[C@H](N)C(=O)Nc1ccc(-c2nncn2C)cc1. The number of rotatable bonds is 6. The number of carbonyl (C=O) groups is 1. The summed E-state index contributed by atoms with van der Waals surface area (Å²) in [5, 5.41) is 10.7. The number of hydrogen-bond acceptors (Lipinski definition) is 4. The summed E-state index contributed by atoms with van der Waals surface area (Å²) in [4.78, 5) is 11.9. The van der Waals surface area contributed by atoms with E-state index >= 15 is 0 Å². The van der Waals surface area contributed by atoms with Gasteiger partial charge in [0, 0.05) is 18.3 Å². The van der Waals surface area contributed by atoms with Crippen molar-refractivity contribution >= 4 is 11.6 Å². The first-order chi connectivity index (χ1) is 10.1. The molecule has 6 heteroatoms. The van der Waals surface area contributed by atoms with Crippen molar-refractivity contribution in [2.75, 3.05) is 5.32 Å². The number of carbonyl (C=O) groups excluding carboxylic acids is 1. The quantitative estimate of drug-likeness (QED) is 0.850. The number of aryl methyl sites for hydroxylation is 1. The standard InChI is InChI=1S/C15H21N5O/c1-3-4-5-13(16)15(21)18-12-8-6-11(7-9-12)14-19-17-10-20(14)2/h6-10,13H,3-5,16H2,1-2H3,(H,18,21)/t13-/m0/s1. The summed E-state index contributed by atoms with van der Waals surface area (Å²) >= 11 is 0. The predicted octanol–water partition coefficient (Wildman–Crippen LogP) is 1.94. The first-order valence-electron chi connectivity index (χ1n) is 7.12. The average molecular weight is 287 g/mol. The van der Waals surface area contributed by atoms with Gasteiger partial charge in [-0.3, -0.25) is 4.79 Å². The Hall–Kier alpha value is -2.21. The Kier molecular flexibility index (Phi) is 5.05. The normalized spacial score (nSPS) is 12.1. The number of unbranched alkanes of at least 4 members (excludes halogenated alkanes) is 1. The van der Waals surface area contributed by atoms with Crippen LogP contribution in [0, 0.1) is 0 Å². The zero-order valence-electron chi connectivity index (χ0n) is 12.4. The van der Waals surface area contributed by atoms with E-state index in [-0.39, 0.29) is 5.91 Å². The molecule has 1 aromatic heterocycles. The first-order valence-corrected chi connectivity index (χ1v) is 7.12. The maximum atomic E-state index is 11.9. The molecular weight excluding hydrogens is 266 g/mol. The number of hydrogen-bond donors (Lipinski definition) is 2. The van der Waals surface area contributed by atoms with Gasteiger partial charge in [0.25, 0.3) is 0 Å². The van der Waals surface area contributed by atoms with Gasteiger partial charge in [0.15, 0.2) is 5.82 Å². The van der Waals surface area contributed by atoms with Gasteiger partial charge in [-0.15, -0.1) is 10.2 Å². The molecule has 0 aliphatic heterocycles. The molecule has 0 spiro atoms. The summed E-state index contributed by atoms with van der Waals surface area (Å²) in [6, 6.07) is 7.03. The second-order valence-electron chi connectivity index (χ2n) is 5.08. The highest BCUT2D eigenvalue weighted by Crippen LogP contribution is 2.18. The second-order valence-corrected chi connectivity index (χ2v) is 5.08. The highest BCUT2D eigenvalue weighted by molar-refractivity contribution is 5.94. The fourth-order valence-electron chi connectivity index (χ4n) is 2.04. The maximum Gasteiger partial charge on any atom is 0.241 e. The van der Waals surface area contributed by atoms with Gasteiger partial charge >= 0.3 is 0 Å². The van der Waals surface area contributed by atoms with Crippen LogP contribution in [0.15, 0.2) is 30.6 Å². The molecule has 3 N–H and O–H groups in total. The van der Waals surface area contributed by atoms with E-state index in [9.17, 15) is 4.79 Å². The maximum absolute atomic E-state index is 11.9. The van der Waals surface area contributed by atoms with Gasteiger partial charge in [0.1, 0.15) is 6.33 Å². The molecule has 1 aromatic carbocycles. The molecule has 1 heterocycles. The molecular formula is C15H21N5O.